The normalized spacial score (nSPS) is 22.5. The van der Waals surface area contributed by atoms with Gasteiger partial charge in [0.1, 0.15) is 0 Å². The number of ether oxygens (including phenoxy) is 1. The molecule has 2 atom stereocenters. The van der Waals surface area contributed by atoms with Gasteiger partial charge in [0, 0.05) is 0 Å². The molecule has 0 aliphatic carbocycles. The van der Waals surface area contributed by atoms with Gasteiger partial charge in [0.05, 0.1) is 0 Å². The fraction of sp³-hybridized carbons (Fsp3) is 0.381. The Bertz CT molecular complexity index is 809. The van der Waals surface area contributed by atoms with E-state index in [4.69, 9.17) is 4.74 Å². The first kappa shape index (κ1) is 20.9. The first-order chi connectivity index (χ1) is 13.2. The van der Waals surface area contributed by atoms with Crippen LogP contribution in [-0.2, 0) is 21.3 Å². The molecule has 0 amide bonds. The van der Waals surface area contributed by atoms with Crippen LogP contribution in [0.15, 0.2) is 54.6 Å². The van der Waals surface area contributed by atoms with Gasteiger partial charge in [-0.3, -0.25) is 0 Å². The van der Waals surface area contributed by atoms with Crippen molar-refractivity contribution in [1.29, 1.82) is 0 Å². The summed E-state index contributed by atoms with van der Waals surface area (Å²) in [5.74, 6) is -0.568. The molecule has 3 nitrogen and oxygen atoms in total. The Morgan fingerprint density at radius 2 is 1.75 bits per heavy atom. The molecule has 2 unspecified atom stereocenters. The average Bonchev–Trinajstić information content (AvgIpc) is 2.96. The SMILES string of the molecule is CN(C)CC1CC(C[Se]c2ccccc2)(c2ccc(C(F)(F)F)cc2)OC1=O. The predicted molar refractivity (Wildman–Crippen MR) is 103 cm³/mol. The second kappa shape index (κ2) is 8.27. The van der Waals surface area contributed by atoms with Gasteiger partial charge in [-0.25, -0.2) is 0 Å². The Labute approximate surface area is 169 Å². The molecule has 1 saturated heterocycles. The van der Waals surface area contributed by atoms with Gasteiger partial charge in [0.2, 0.25) is 0 Å². The van der Waals surface area contributed by atoms with E-state index < -0.39 is 17.3 Å². The summed E-state index contributed by atoms with van der Waals surface area (Å²) >= 11 is 0.0250. The van der Waals surface area contributed by atoms with Crippen molar-refractivity contribution >= 4 is 25.4 Å². The second-order valence-electron chi connectivity index (χ2n) is 7.26. The molecule has 1 heterocycles. The number of alkyl halides is 3. The number of halogens is 3. The van der Waals surface area contributed by atoms with Crippen LogP contribution in [0.25, 0.3) is 0 Å². The van der Waals surface area contributed by atoms with Crippen LogP contribution in [0.3, 0.4) is 0 Å². The quantitative estimate of drug-likeness (QED) is 0.493. The summed E-state index contributed by atoms with van der Waals surface area (Å²) in [7, 11) is 3.78. The zero-order chi connectivity index (χ0) is 20.4. The molecular formula is C21H22F3NO2Se. The van der Waals surface area contributed by atoms with E-state index in [0.717, 1.165) is 16.6 Å². The molecule has 1 fully saturated rings. The first-order valence-corrected chi connectivity index (χ1v) is 11.0. The zero-order valence-electron chi connectivity index (χ0n) is 15.7. The molecule has 1 aliphatic rings. The third-order valence-electron chi connectivity index (χ3n) is 4.74. The number of hydrogen-bond acceptors (Lipinski definition) is 3. The molecule has 0 N–H and O–H groups in total. The number of cyclic esters (lactones) is 1. The monoisotopic (exact) mass is 457 g/mol. The first-order valence-electron chi connectivity index (χ1n) is 8.93. The van der Waals surface area contributed by atoms with E-state index in [1.54, 1.807) is 0 Å². The van der Waals surface area contributed by atoms with Crippen LogP contribution in [-0.4, -0.2) is 46.5 Å². The summed E-state index contributed by atoms with van der Waals surface area (Å²) in [5.41, 5.74) is -0.945. The summed E-state index contributed by atoms with van der Waals surface area (Å²) in [5, 5.41) is 0.588. The molecule has 28 heavy (non-hydrogen) atoms. The number of carbonyl (C=O) groups is 1. The molecule has 2 aromatic rings. The van der Waals surface area contributed by atoms with Gasteiger partial charge >= 0.3 is 169 Å². The molecular weight excluding hydrogens is 434 g/mol. The van der Waals surface area contributed by atoms with Gasteiger partial charge in [-0.05, 0) is 0 Å². The Morgan fingerprint density at radius 3 is 2.32 bits per heavy atom. The Hall–Kier alpha value is -1.82. The summed E-state index contributed by atoms with van der Waals surface area (Å²) in [6.45, 7) is 0.555. The van der Waals surface area contributed by atoms with Crippen LogP contribution in [0, 0.1) is 5.92 Å². The number of carbonyl (C=O) groups excluding carboxylic acids is 1. The topological polar surface area (TPSA) is 29.5 Å². The van der Waals surface area contributed by atoms with Crippen LogP contribution in [0.4, 0.5) is 13.2 Å². The third kappa shape index (κ3) is 4.77. The molecule has 0 bridgehead atoms. The number of hydrogen-bond donors (Lipinski definition) is 0. The van der Waals surface area contributed by atoms with Gasteiger partial charge in [-0.2, -0.15) is 0 Å². The fourth-order valence-electron chi connectivity index (χ4n) is 3.41. The van der Waals surface area contributed by atoms with Gasteiger partial charge < -0.3 is 0 Å². The van der Waals surface area contributed by atoms with Crippen LogP contribution in [0.1, 0.15) is 17.5 Å². The third-order valence-corrected chi connectivity index (χ3v) is 7.30. The minimum atomic E-state index is -4.39. The number of nitrogens with zero attached hydrogens (tertiary/aromatic N) is 1. The average molecular weight is 456 g/mol. The summed E-state index contributed by atoms with van der Waals surface area (Å²) in [4.78, 5) is 14.4. The predicted octanol–water partition coefficient (Wildman–Crippen LogP) is 3.47. The molecule has 2 aromatic carbocycles. The van der Waals surface area contributed by atoms with E-state index in [0.29, 0.717) is 23.8 Å². The van der Waals surface area contributed by atoms with Crippen LogP contribution in [0.5, 0.6) is 0 Å². The van der Waals surface area contributed by atoms with Crippen LogP contribution < -0.4 is 4.46 Å². The van der Waals surface area contributed by atoms with Gasteiger partial charge in [0.15, 0.2) is 0 Å². The Morgan fingerprint density at radius 1 is 1.11 bits per heavy atom. The number of esters is 1. The molecule has 1 aliphatic heterocycles. The van der Waals surface area contributed by atoms with Crippen LogP contribution in [0.2, 0.25) is 5.32 Å². The van der Waals surface area contributed by atoms with E-state index in [-0.39, 0.29) is 26.8 Å². The molecule has 0 spiro atoms. The Balaban J connectivity index is 1.89. The van der Waals surface area contributed by atoms with Crippen molar-refractivity contribution in [2.75, 3.05) is 20.6 Å². The standard InChI is InChI=1S/C21H22F3NO2Se/c1-25(2)13-15-12-20(27-19(15)26,14-28-18-6-4-3-5-7-18)16-8-10-17(11-9-16)21(22,23)24/h3-11,15H,12-14H2,1-2H3. The Kier molecular flexibility index (Phi) is 6.18. The fourth-order valence-corrected chi connectivity index (χ4v) is 5.70. The van der Waals surface area contributed by atoms with Gasteiger partial charge in [-0.1, -0.05) is 0 Å². The van der Waals surface area contributed by atoms with E-state index in [2.05, 4.69) is 0 Å². The van der Waals surface area contributed by atoms with Crippen molar-refractivity contribution in [2.24, 2.45) is 5.92 Å². The minimum absolute atomic E-state index is 0.0250. The van der Waals surface area contributed by atoms with Crippen molar-refractivity contribution in [3.63, 3.8) is 0 Å². The molecule has 0 radical (unpaired) electrons. The molecule has 7 heteroatoms. The van der Waals surface area contributed by atoms with Crippen molar-refractivity contribution in [1.82, 2.24) is 4.90 Å². The summed E-state index contributed by atoms with van der Waals surface area (Å²) < 4.78 is 45.8. The van der Waals surface area contributed by atoms with Gasteiger partial charge in [-0.15, -0.1) is 0 Å². The van der Waals surface area contributed by atoms with Crippen molar-refractivity contribution < 1.29 is 22.7 Å². The van der Waals surface area contributed by atoms with E-state index >= 15 is 0 Å². The maximum atomic E-state index is 12.9. The molecule has 150 valence electrons. The maximum absolute atomic E-state index is 12.9. The number of benzene rings is 2. The second-order valence-corrected chi connectivity index (χ2v) is 9.46. The van der Waals surface area contributed by atoms with Crippen molar-refractivity contribution in [2.45, 2.75) is 23.5 Å². The molecule has 0 saturated carbocycles. The van der Waals surface area contributed by atoms with Crippen molar-refractivity contribution in [3.8, 4) is 0 Å². The zero-order valence-corrected chi connectivity index (χ0v) is 17.4. The molecule has 0 aromatic heterocycles. The summed E-state index contributed by atoms with van der Waals surface area (Å²) in [6, 6.07) is 14.9. The van der Waals surface area contributed by atoms with E-state index in [9.17, 15) is 18.0 Å². The van der Waals surface area contributed by atoms with Gasteiger partial charge in [0.25, 0.3) is 0 Å². The van der Waals surface area contributed by atoms with E-state index in [1.165, 1.54) is 12.1 Å². The summed E-state index contributed by atoms with van der Waals surface area (Å²) in [6.07, 6.45) is -3.91. The van der Waals surface area contributed by atoms with Crippen LogP contribution >= 0.6 is 0 Å². The molecule has 3 rings (SSSR count). The number of rotatable bonds is 6. The van der Waals surface area contributed by atoms with Crippen molar-refractivity contribution in [3.05, 3.63) is 65.7 Å². The van der Waals surface area contributed by atoms with E-state index in [1.807, 2.05) is 49.3 Å².